The van der Waals surface area contributed by atoms with E-state index in [4.69, 9.17) is 0 Å². The maximum absolute atomic E-state index is 12.0. The molecule has 108 valence electrons. The monoisotopic (exact) mass is 277 g/mol. The maximum atomic E-state index is 12.0. The van der Waals surface area contributed by atoms with E-state index in [1.165, 1.54) is 12.1 Å². The molecule has 6 heteroatoms. The van der Waals surface area contributed by atoms with Crippen molar-refractivity contribution in [3.05, 3.63) is 39.9 Å². The summed E-state index contributed by atoms with van der Waals surface area (Å²) in [7, 11) is 0. The van der Waals surface area contributed by atoms with Crippen LogP contribution in [-0.2, 0) is 11.3 Å². The molecule has 0 heterocycles. The fourth-order valence-corrected chi connectivity index (χ4v) is 2.18. The lowest BCUT2D eigenvalue weighted by Crippen LogP contribution is -2.39. The van der Waals surface area contributed by atoms with Crippen LogP contribution >= 0.6 is 0 Å². The Balaban J connectivity index is 1.77. The number of nitro groups is 1. The summed E-state index contributed by atoms with van der Waals surface area (Å²) in [5, 5.41) is 13.6. The van der Waals surface area contributed by atoms with Gasteiger partial charge in [-0.3, -0.25) is 14.9 Å². The standard InChI is InChI=1S/C14H19N3O3/c1-2-16(12-7-8-12)14(18)10-15-9-11-3-5-13(6-4-11)17(19)20/h3-6,12,15H,2,7-10H2,1H3. The zero-order chi connectivity index (χ0) is 14.5. The van der Waals surface area contributed by atoms with Crippen LogP contribution in [0.25, 0.3) is 0 Å². The van der Waals surface area contributed by atoms with Crippen molar-refractivity contribution in [2.24, 2.45) is 0 Å². The summed E-state index contributed by atoms with van der Waals surface area (Å²) in [6.07, 6.45) is 2.23. The van der Waals surface area contributed by atoms with Gasteiger partial charge in [-0.1, -0.05) is 12.1 Å². The SMILES string of the molecule is CCN(C(=O)CNCc1ccc([N+](=O)[O-])cc1)C1CC1. The Morgan fingerprint density at radius 3 is 2.55 bits per heavy atom. The third kappa shape index (κ3) is 3.77. The topological polar surface area (TPSA) is 75.5 Å². The van der Waals surface area contributed by atoms with Crippen molar-refractivity contribution in [1.29, 1.82) is 0 Å². The van der Waals surface area contributed by atoms with Gasteiger partial charge in [-0.2, -0.15) is 0 Å². The number of rotatable bonds is 7. The van der Waals surface area contributed by atoms with Gasteiger partial charge in [0.05, 0.1) is 11.5 Å². The van der Waals surface area contributed by atoms with E-state index in [0.717, 1.165) is 24.9 Å². The molecule has 1 amide bonds. The van der Waals surface area contributed by atoms with Crippen molar-refractivity contribution in [3.8, 4) is 0 Å². The Labute approximate surface area is 117 Å². The molecule has 0 spiro atoms. The van der Waals surface area contributed by atoms with E-state index in [-0.39, 0.29) is 11.6 Å². The van der Waals surface area contributed by atoms with Gasteiger partial charge in [-0.25, -0.2) is 0 Å². The molecule has 1 aromatic rings. The molecule has 0 radical (unpaired) electrons. The number of non-ortho nitro benzene ring substituents is 1. The fraction of sp³-hybridized carbons (Fsp3) is 0.500. The lowest BCUT2D eigenvalue weighted by atomic mass is 10.2. The van der Waals surface area contributed by atoms with Gasteiger partial charge in [0, 0.05) is 31.3 Å². The first-order chi connectivity index (χ1) is 9.61. The van der Waals surface area contributed by atoms with Gasteiger partial charge in [0.1, 0.15) is 0 Å². The Hall–Kier alpha value is -1.95. The number of nitrogens with zero attached hydrogens (tertiary/aromatic N) is 2. The van der Waals surface area contributed by atoms with Crippen molar-refractivity contribution < 1.29 is 9.72 Å². The van der Waals surface area contributed by atoms with Crippen LogP contribution in [0, 0.1) is 10.1 Å². The minimum Gasteiger partial charge on any atom is -0.339 e. The quantitative estimate of drug-likeness (QED) is 0.608. The number of carbonyl (C=O) groups is 1. The van der Waals surface area contributed by atoms with Crippen molar-refractivity contribution in [1.82, 2.24) is 10.2 Å². The molecule has 1 aromatic carbocycles. The Kier molecular flexibility index (Phi) is 4.68. The van der Waals surface area contributed by atoms with Crippen LogP contribution in [0.1, 0.15) is 25.3 Å². The van der Waals surface area contributed by atoms with Crippen LogP contribution in [0.2, 0.25) is 0 Å². The second-order valence-electron chi connectivity index (χ2n) is 4.94. The summed E-state index contributed by atoms with van der Waals surface area (Å²) in [6, 6.07) is 6.79. The maximum Gasteiger partial charge on any atom is 0.269 e. The minimum absolute atomic E-state index is 0.0794. The molecule has 0 saturated heterocycles. The van der Waals surface area contributed by atoms with E-state index < -0.39 is 4.92 Å². The lowest BCUT2D eigenvalue weighted by molar-refractivity contribution is -0.384. The molecule has 1 aliphatic rings. The number of carbonyl (C=O) groups excluding carboxylic acids is 1. The molecule has 0 bridgehead atoms. The van der Waals surface area contributed by atoms with Gasteiger partial charge in [0.15, 0.2) is 0 Å². The molecule has 1 aliphatic carbocycles. The van der Waals surface area contributed by atoms with Crippen LogP contribution in [0.5, 0.6) is 0 Å². The lowest BCUT2D eigenvalue weighted by Gasteiger charge is -2.20. The number of hydrogen-bond acceptors (Lipinski definition) is 4. The van der Waals surface area contributed by atoms with Gasteiger partial charge in [-0.15, -0.1) is 0 Å². The molecule has 20 heavy (non-hydrogen) atoms. The molecule has 2 rings (SSSR count). The predicted octanol–water partition coefficient (Wildman–Crippen LogP) is 1.70. The molecule has 0 aliphatic heterocycles. The van der Waals surface area contributed by atoms with E-state index in [2.05, 4.69) is 5.32 Å². The molecule has 6 nitrogen and oxygen atoms in total. The van der Waals surface area contributed by atoms with Crippen LogP contribution in [0.4, 0.5) is 5.69 Å². The summed E-state index contributed by atoms with van der Waals surface area (Å²) >= 11 is 0. The van der Waals surface area contributed by atoms with E-state index in [9.17, 15) is 14.9 Å². The molecule has 0 atom stereocenters. The van der Waals surface area contributed by atoms with Crippen molar-refractivity contribution in [3.63, 3.8) is 0 Å². The summed E-state index contributed by atoms with van der Waals surface area (Å²) in [4.78, 5) is 24.0. The Morgan fingerprint density at radius 1 is 1.40 bits per heavy atom. The molecular weight excluding hydrogens is 258 g/mol. The Bertz CT molecular complexity index is 483. The third-order valence-electron chi connectivity index (χ3n) is 3.40. The number of benzene rings is 1. The van der Waals surface area contributed by atoms with Gasteiger partial charge in [-0.05, 0) is 25.3 Å². The van der Waals surface area contributed by atoms with E-state index in [1.807, 2.05) is 11.8 Å². The van der Waals surface area contributed by atoms with Gasteiger partial charge >= 0.3 is 0 Å². The first kappa shape index (κ1) is 14.5. The summed E-state index contributed by atoms with van der Waals surface area (Å²) < 4.78 is 0. The molecule has 1 saturated carbocycles. The highest BCUT2D eigenvalue weighted by atomic mass is 16.6. The normalized spacial score (nSPS) is 14.1. The van der Waals surface area contributed by atoms with E-state index >= 15 is 0 Å². The number of nitro benzene ring substituents is 1. The second kappa shape index (κ2) is 6.47. The average molecular weight is 277 g/mol. The summed E-state index contributed by atoms with van der Waals surface area (Å²) in [6.45, 7) is 3.59. The first-order valence-electron chi connectivity index (χ1n) is 6.85. The van der Waals surface area contributed by atoms with Crippen LogP contribution in [0.15, 0.2) is 24.3 Å². The minimum atomic E-state index is -0.421. The predicted molar refractivity (Wildman–Crippen MR) is 75.2 cm³/mol. The highest BCUT2D eigenvalue weighted by Gasteiger charge is 2.30. The zero-order valence-corrected chi connectivity index (χ0v) is 11.5. The summed E-state index contributed by atoms with van der Waals surface area (Å²) in [5.74, 6) is 0.122. The van der Waals surface area contributed by atoms with Crippen molar-refractivity contribution in [2.75, 3.05) is 13.1 Å². The highest BCUT2D eigenvalue weighted by molar-refractivity contribution is 5.78. The van der Waals surface area contributed by atoms with Gasteiger partial charge < -0.3 is 10.2 Å². The van der Waals surface area contributed by atoms with Crippen LogP contribution in [0.3, 0.4) is 0 Å². The number of hydrogen-bond donors (Lipinski definition) is 1. The average Bonchev–Trinajstić information content (AvgIpc) is 3.25. The van der Waals surface area contributed by atoms with Crippen LogP contribution in [-0.4, -0.2) is 34.9 Å². The molecule has 1 N–H and O–H groups in total. The molecule has 1 fully saturated rings. The first-order valence-corrected chi connectivity index (χ1v) is 6.85. The summed E-state index contributed by atoms with van der Waals surface area (Å²) in [5.41, 5.74) is 1.01. The number of amides is 1. The third-order valence-corrected chi connectivity index (χ3v) is 3.40. The second-order valence-corrected chi connectivity index (χ2v) is 4.94. The smallest absolute Gasteiger partial charge is 0.269 e. The number of nitrogens with one attached hydrogen (secondary N) is 1. The zero-order valence-electron chi connectivity index (χ0n) is 11.5. The highest BCUT2D eigenvalue weighted by Crippen LogP contribution is 2.26. The van der Waals surface area contributed by atoms with Crippen LogP contribution < -0.4 is 5.32 Å². The van der Waals surface area contributed by atoms with Gasteiger partial charge in [0.25, 0.3) is 5.69 Å². The number of likely N-dealkylation sites (N-methyl/N-ethyl adjacent to an activating group) is 1. The van der Waals surface area contributed by atoms with Crippen molar-refractivity contribution in [2.45, 2.75) is 32.4 Å². The van der Waals surface area contributed by atoms with Crippen molar-refractivity contribution >= 4 is 11.6 Å². The van der Waals surface area contributed by atoms with E-state index in [0.29, 0.717) is 19.1 Å². The largest absolute Gasteiger partial charge is 0.339 e. The Morgan fingerprint density at radius 2 is 2.05 bits per heavy atom. The molecule has 0 aromatic heterocycles. The van der Waals surface area contributed by atoms with Gasteiger partial charge in [0.2, 0.25) is 5.91 Å². The fourth-order valence-electron chi connectivity index (χ4n) is 2.18. The molecule has 0 unspecified atom stereocenters. The van der Waals surface area contributed by atoms with E-state index in [1.54, 1.807) is 12.1 Å². The molecular formula is C14H19N3O3.